The third kappa shape index (κ3) is 3.36. The number of hydrogen-bond donors (Lipinski definition) is 1. The minimum absolute atomic E-state index is 0.440. The molecule has 2 rings (SSSR count). The van der Waals surface area contributed by atoms with Crippen LogP contribution in [0, 0.1) is 0 Å². The van der Waals surface area contributed by atoms with E-state index in [1.807, 2.05) is 12.1 Å². The molecule has 0 saturated carbocycles. The van der Waals surface area contributed by atoms with Crippen LogP contribution in [0.3, 0.4) is 0 Å². The lowest BCUT2D eigenvalue weighted by Gasteiger charge is -2.20. The van der Waals surface area contributed by atoms with Crippen molar-refractivity contribution < 1.29 is 13.2 Å². The van der Waals surface area contributed by atoms with Gasteiger partial charge in [0.25, 0.3) is 0 Å². The molecule has 0 unspecified atom stereocenters. The van der Waals surface area contributed by atoms with E-state index in [1.54, 1.807) is 6.07 Å². The first kappa shape index (κ1) is 12.2. The predicted molar refractivity (Wildman–Crippen MR) is 60.8 cm³/mol. The first-order valence-electron chi connectivity index (χ1n) is 5.60. The van der Waals surface area contributed by atoms with Crippen molar-refractivity contribution in [3.8, 4) is 0 Å². The van der Waals surface area contributed by atoms with Crippen LogP contribution in [0.2, 0.25) is 0 Å². The third-order valence-electron chi connectivity index (χ3n) is 3.03. The highest BCUT2D eigenvalue weighted by Crippen LogP contribution is 2.22. The van der Waals surface area contributed by atoms with Crippen LogP contribution in [0.25, 0.3) is 0 Å². The summed E-state index contributed by atoms with van der Waals surface area (Å²) >= 11 is 0. The number of halogens is 3. The molecule has 0 fully saturated rings. The van der Waals surface area contributed by atoms with E-state index >= 15 is 0 Å². The highest BCUT2D eigenvalue weighted by atomic mass is 19.4. The summed E-state index contributed by atoms with van der Waals surface area (Å²) < 4.78 is 36.9. The highest BCUT2D eigenvalue weighted by Gasteiger charge is 2.31. The van der Waals surface area contributed by atoms with Crippen molar-refractivity contribution in [1.29, 1.82) is 0 Å². The van der Waals surface area contributed by atoms with Gasteiger partial charge in [-0.1, -0.05) is 6.07 Å². The average molecular weight is 244 g/mol. The molecule has 17 heavy (non-hydrogen) atoms. The van der Waals surface area contributed by atoms with Gasteiger partial charge in [0, 0.05) is 18.8 Å². The molecule has 0 saturated heterocycles. The van der Waals surface area contributed by atoms with Gasteiger partial charge in [0.15, 0.2) is 0 Å². The zero-order chi connectivity index (χ0) is 12.5. The molecule has 1 aromatic carbocycles. The predicted octanol–water partition coefficient (Wildman–Crippen LogP) is 2.23. The van der Waals surface area contributed by atoms with Crippen LogP contribution >= 0.6 is 0 Å². The lowest BCUT2D eigenvalue weighted by atomic mass is 10.0. The lowest BCUT2D eigenvalue weighted by molar-refractivity contribution is -0.145. The summed E-state index contributed by atoms with van der Waals surface area (Å²) in [7, 11) is 0. The van der Waals surface area contributed by atoms with E-state index in [-0.39, 0.29) is 0 Å². The van der Waals surface area contributed by atoms with Crippen LogP contribution in [-0.2, 0) is 12.8 Å². The largest absolute Gasteiger partial charge is 0.401 e. The van der Waals surface area contributed by atoms with Crippen molar-refractivity contribution in [2.45, 2.75) is 19.0 Å². The van der Waals surface area contributed by atoms with Crippen LogP contribution in [0.15, 0.2) is 18.2 Å². The summed E-state index contributed by atoms with van der Waals surface area (Å²) in [6.45, 7) is 0.0723. The molecule has 0 bridgehead atoms. The van der Waals surface area contributed by atoms with Gasteiger partial charge in [-0.3, -0.25) is 4.90 Å². The van der Waals surface area contributed by atoms with E-state index in [4.69, 9.17) is 5.73 Å². The fraction of sp³-hybridized carbons (Fsp3) is 0.500. The van der Waals surface area contributed by atoms with Gasteiger partial charge >= 0.3 is 6.18 Å². The van der Waals surface area contributed by atoms with Gasteiger partial charge in [0.05, 0.1) is 6.54 Å². The molecule has 94 valence electrons. The number of nitrogen functional groups attached to an aromatic ring is 1. The fourth-order valence-corrected chi connectivity index (χ4v) is 2.20. The smallest absolute Gasteiger partial charge is 0.399 e. The number of fused-ring (bicyclic) bond motifs is 1. The topological polar surface area (TPSA) is 29.3 Å². The molecule has 1 aromatic rings. The number of rotatable bonds is 1. The van der Waals surface area contributed by atoms with E-state index in [0.717, 1.165) is 11.1 Å². The van der Waals surface area contributed by atoms with Crippen molar-refractivity contribution in [2.24, 2.45) is 0 Å². The fourth-order valence-electron chi connectivity index (χ4n) is 2.20. The molecule has 0 aliphatic carbocycles. The van der Waals surface area contributed by atoms with Crippen molar-refractivity contribution in [3.63, 3.8) is 0 Å². The van der Waals surface area contributed by atoms with Crippen LogP contribution in [0.4, 0.5) is 18.9 Å². The Balaban J connectivity index is 2.06. The maximum absolute atomic E-state index is 12.3. The van der Waals surface area contributed by atoms with Crippen molar-refractivity contribution in [2.75, 3.05) is 25.4 Å². The lowest BCUT2D eigenvalue weighted by Crippen LogP contribution is -2.35. The second-order valence-corrected chi connectivity index (χ2v) is 4.42. The van der Waals surface area contributed by atoms with E-state index in [2.05, 4.69) is 0 Å². The van der Waals surface area contributed by atoms with Crippen LogP contribution in [0.5, 0.6) is 0 Å². The quantitative estimate of drug-likeness (QED) is 0.768. The van der Waals surface area contributed by atoms with Gasteiger partial charge in [-0.05, 0) is 36.1 Å². The van der Waals surface area contributed by atoms with Crippen molar-refractivity contribution in [1.82, 2.24) is 4.90 Å². The number of benzene rings is 1. The van der Waals surface area contributed by atoms with Gasteiger partial charge in [-0.25, -0.2) is 0 Å². The molecule has 5 heteroatoms. The van der Waals surface area contributed by atoms with Crippen LogP contribution < -0.4 is 5.73 Å². The molecule has 0 spiro atoms. The Morgan fingerprint density at radius 1 is 1.12 bits per heavy atom. The molecule has 2 N–H and O–H groups in total. The van der Waals surface area contributed by atoms with Gasteiger partial charge in [-0.15, -0.1) is 0 Å². The summed E-state index contributed by atoms with van der Waals surface area (Å²) in [4.78, 5) is 1.45. The molecule has 0 amide bonds. The molecule has 2 nitrogen and oxygen atoms in total. The Hall–Kier alpha value is -1.23. The van der Waals surface area contributed by atoms with E-state index in [0.29, 0.717) is 31.6 Å². The molecule has 1 aliphatic heterocycles. The normalized spacial score (nSPS) is 17.6. The summed E-state index contributed by atoms with van der Waals surface area (Å²) in [5.74, 6) is 0. The van der Waals surface area contributed by atoms with Gasteiger partial charge < -0.3 is 5.73 Å². The molecule has 0 atom stereocenters. The number of alkyl halides is 3. The van der Waals surface area contributed by atoms with Gasteiger partial charge in [0.2, 0.25) is 0 Å². The summed E-state index contributed by atoms with van der Waals surface area (Å²) in [6, 6.07) is 5.59. The second kappa shape index (κ2) is 4.56. The molecular formula is C12H15F3N2. The van der Waals surface area contributed by atoms with Gasteiger partial charge in [0.1, 0.15) is 0 Å². The van der Waals surface area contributed by atoms with Crippen LogP contribution in [0.1, 0.15) is 11.1 Å². The summed E-state index contributed by atoms with van der Waals surface area (Å²) in [6.07, 6.45) is -2.82. The van der Waals surface area contributed by atoms with E-state index in [9.17, 15) is 13.2 Å². The number of hydrogen-bond acceptors (Lipinski definition) is 2. The van der Waals surface area contributed by atoms with Gasteiger partial charge in [-0.2, -0.15) is 13.2 Å². The Morgan fingerprint density at radius 2 is 1.76 bits per heavy atom. The first-order chi connectivity index (χ1) is 7.94. The molecular weight excluding hydrogens is 229 g/mol. The Kier molecular flexibility index (Phi) is 3.28. The Labute approximate surface area is 98.2 Å². The zero-order valence-electron chi connectivity index (χ0n) is 9.43. The molecule has 1 heterocycles. The number of nitrogens with zero attached hydrogens (tertiary/aromatic N) is 1. The van der Waals surface area contributed by atoms with Crippen LogP contribution in [-0.4, -0.2) is 30.7 Å². The molecule has 1 aliphatic rings. The average Bonchev–Trinajstić information content (AvgIpc) is 2.39. The second-order valence-electron chi connectivity index (χ2n) is 4.42. The first-order valence-corrected chi connectivity index (χ1v) is 5.60. The standard InChI is InChI=1S/C12H15F3N2/c13-12(14,15)8-17-5-3-9-1-2-11(16)7-10(9)4-6-17/h1-2,7H,3-6,8,16H2. The molecule has 0 aromatic heterocycles. The zero-order valence-corrected chi connectivity index (χ0v) is 9.43. The van der Waals surface area contributed by atoms with Crippen molar-refractivity contribution >= 4 is 5.69 Å². The van der Waals surface area contributed by atoms with Crippen molar-refractivity contribution in [3.05, 3.63) is 29.3 Å². The number of nitrogens with two attached hydrogens (primary N) is 1. The van der Waals surface area contributed by atoms with E-state index < -0.39 is 12.7 Å². The summed E-state index contributed by atoms with van der Waals surface area (Å²) in [5.41, 5.74) is 8.54. The summed E-state index contributed by atoms with van der Waals surface area (Å²) in [5, 5.41) is 0. The number of anilines is 1. The minimum atomic E-state index is -4.12. The maximum Gasteiger partial charge on any atom is 0.401 e. The highest BCUT2D eigenvalue weighted by molar-refractivity contribution is 5.45. The Morgan fingerprint density at radius 3 is 2.41 bits per heavy atom. The SMILES string of the molecule is Nc1ccc2c(c1)CCN(CC(F)(F)F)CC2. The monoisotopic (exact) mass is 244 g/mol. The third-order valence-corrected chi connectivity index (χ3v) is 3.03. The minimum Gasteiger partial charge on any atom is -0.399 e. The Bertz CT molecular complexity index is 401. The maximum atomic E-state index is 12.3. The van der Waals surface area contributed by atoms with E-state index in [1.165, 1.54) is 4.90 Å². The molecule has 0 radical (unpaired) electrons.